The molecule has 180 valence electrons. The van der Waals surface area contributed by atoms with E-state index in [-0.39, 0.29) is 12.2 Å². The number of pyridine rings is 1. The van der Waals surface area contributed by atoms with Crippen LogP contribution in [0.3, 0.4) is 0 Å². The molecule has 4 aromatic rings. The summed E-state index contributed by atoms with van der Waals surface area (Å²) < 4.78 is 31.8. The number of nitrogens with zero attached hydrogens (tertiary/aromatic N) is 1. The van der Waals surface area contributed by atoms with E-state index in [1.165, 1.54) is 28.7 Å². The van der Waals surface area contributed by atoms with Crippen molar-refractivity contribution in [1.82, 2.24) is 4.98 Å². The number of halogens is 1. The van der Waals surface area contributed by atoms with Gasteiger partial charge in [-0.05, 0) is 41.1 Å². The van der Waals surface area contributed by atoms with Gasteiger partial charge in [-0.1, -0.05) is 6.08 Å². The molecule has 4 heterocycles. The predicted molar refractivity (Wildman–Crippen MR) is 136 cm³/mol. The van der Waals surface area contributed by atoms with Crippen molar-refractivity contribution in [3.8, 4) is 32.4 Å². The SMILES string of the molecule is COc1ccsc1-c1cc2ncc(C=C[C@@H]3C[C@@H](O)CC(=O)O3)c(-c3sccc3OC)c2cc1F. The van der Waals surface area contributed by atoms with Crippen molar-refractivity contribution in [3.05, 3.63) is 58.7 Å². The molecule has 6 nitrogen and oxygen atoms in total. The Hall–Kier alpha value is -3.27. The van der Waals surface area contributed by atoms with Crippen LogP contribution in [0.25, 0.3) is 37.9 Å². The Morgan fingerprint density at radius 2 is 1.86 bits per heavy atom. The standard InChI is InChI=1S/C26H22FNO5S2/c1-31-21-5-7-34-25(21)17-12-20-18(11-19(17)27)24(26-22(32-2)6-8-35-26)14(13-28-20)3-4-16-9-15(29)10-23(30)33-16/h3-8,11-13,15-16,29H,9-10H2,1-2H3/t15-,16-/m1/s1. The number of ether oxygens (including phenoxy) is 3. The maximum absolute atomic E-state index is 15.5. The van der Waals surface area contributed by atoms with Crippen LogP contribution in [-0.2, 0) is 9.53 Å². The first-order valence-electron chi connectivity index (χ1n) is 10.9. The third-order valence-electron chi connectivity index (χ3n) is 5.84. The first-order chi connectivity index (χ1) is 17.0. The summed E-state index contributed by atoms with van der Waals surface area (Å²) in [6.07, 6.45) is 4.27. The highest BCUT2D eigenvalue weighted by Gasteiger charge is 2.26. The molecule has 0 unspecified atom stereocenters. The van der Waals surface area contributed by atoms with Crippen molar-refractivity contribution < 1.29 is 28.5 Å². The number of benzene rings is 1. The van der Waals surface area contributed by atoms with Crippen molar-refractivity contribution in [2.75, 3.05) is 14.2 Å². The number of carbonyl (C=O) groups excluding carboxylic acids is 1. The lowest BCUT2D eigenvalue weighted by Gasteiger charge is -2.23. The molecule has 5 rings (SSSR count). The number of aromatic nitrogens is 1. The van der Waals surface area contributed by atoms with E-state index < -0.39 is 18.2 Å². The molecule has 1 aromatic carbocycles. The van der Waals surface area contributed by atoms with Crippen LogP contribution >= 0.6 is 22.7 Å². The number of fused-ring (bicyclic) bond motifs is 1. The van der Waals surface area contributed by atoms with E-state index in [1.807, 2.05) is 22.9 Å². The van der Waals surface area contributed by atoms with Gasteiger partial charge in [-0.25, -0.2) is 4.39 Å². The molecule has 0 radical (unpaired) electrons. The van der Waals surface area contributed by atoms with Crippen LogP contribution in [0.15, 0.2) is 47.3 Å². The van der Waals surface area contributed by atoms with Gasteiger partial charge in [0.05, 0.1) is 42.0 Å². The molecule has 0 aliphatic carbocycles. The maximum atomic E-state index is 15.5. The lowest BCUT2D eigenvalue weighted by molar-refractivity contribution is -0.156. The molecule has 2 atom stereocenters. The minimum absolute atomic E-state index is 0.00382. The molecular weight excluding hydrogens is 489 g/mol. The third-order valence-corrected chi connectivity index (χ3v) is 7.68. The summed E-state index contributed by atoms with van der Waals surface area (Å²) in [5.74, 6) is 0.453. The summed E-state index contributed by atoms with van der Waals surface area (Å²) in [5.41, 5.74) is 2.53. The Kier molecular flexibility index (Phi) is 6.55. The monoisotopic (exact) mass is 511 g/mol. The molecule has 9 heteroatoms. The van der Waals surface area contributed by atoms with E-state index in [9.17, 15) is 9.90 Å². The lowest BCUT2D eigenvalue weighted by atomic mass is 9.98. The third kappa shape index (κ3) is 4.54. The first kappa shape index (κ1) is 23.5. The van der Waals surface area contributed by atoms with Gasteiger partial charge < -0.3 is 19.3 Å². The van der Waals surface area contributed by atoms with Gasteiger partial charge in [-0.15, -0.1) is 22.7 Å². The molecular formula is C26H22FNO5S2. The molecule has 0 bridgehead atoms. The van der Waals surface area contributed by atoms with Crippen LogP contribution < -0.4 is 9.47 Å². The molecule has 1 aliphatic heterocycles. The second kappa shape index (κ2) is 9.77. The Morgan fingerprint density at radius 3 is 2.57 bits per heavy atom. The van der Waals surface area contributed by atoms with Crippen LogP contribution in [0.4, 0.5) is 4.39 Å². The zero-order chi connectivity index (χ0) is 24.5. The normalized spacial score (nSPS) is 18.2. The Morgan fingerprint density at radius 1 is 1.14 bits per heavy atom. The maximum Gasteiger partial charge on any atom is 0.309 e. The van der Waals surface area contributed by atoms with Gasteiger partial charge in [0, 0.05) is 34.7 Å². The van der Waals surface area contributed by atoms with Gasteiger partial charge in [-0.2, -0.15) is 0 Å². The average molecular weight is 512 g/mol. The molecule has 0 spiro atoms. The topological polar surface area (TPSA) is 77.9 Å². The number of hydrogen-bond donors (Lipinski definition) is 1. The van der Waals surface area contributed by atoms with Crippen molar-refractivity contribution in [1.29, 1.82) is 0 Å². The zero-order valence-electron chi connectivity index (χ0n) is 19.0. The fourth-order valence-electron chi connectivity index (χ4n) is 4.21. The number of cyclic esters (lactones) is 1. The fourth-order valence-corrected chi connectivity index (χ4v) is 6.03. The Balaban J connectivity index is 1.66. The van der Waals surface area contributed by atoms with Crippen LogP contribution in [-0.4, -0.2) is 42.5 Å². The highest BCUT2D eigenvalue weighted by atomic mass is 32.1. The Bertz CT molecular complexity index is 1430. The van der Waals surface area contributed by atoms with E-state index in [2.05, 4.69) is 4.98 Å². The summed E-state index contributed by atoms with van der Waals surface area (Å²) in [5, 5.41) is 14.3. The number of aliphatic hydroxyl groups is 1. The Labute approximate surface area is 209 Å². The van der Waals surface area contributed by atoms with E-state index >= 15 is 4.39 Å². The van der Waals surface area contributed by atoms with E-state index in [0.29, 0.717) is 39.3 Å². The molecule has 0 amide bonds. The van der Waals surface area contributed by atoms with Crippen molar-refractivity contribution in [2.45, 2.75) is 25.0 Å². The van der Waals surface area contributed by atoms with Gasteiger partial charge in [0.25, 0.3) is 0 Å². The number of rotatable bonds is 6. The quantitative estimate of drug-likeness (QED) is 0.324. The second-order valence-electron chi connectivity index (χ2n) is 8.06. The molecule has 0 saturated carbocycles. The smallest absolute Gasteiger partial charge is 0.309 e. The predicted octanol–water partition coefficient (Wildman–Crippen LogP) is 5.93. The second-order valence-corrected chi connectivity index (χ2v) is 9.89. The number of methoxy groups -OCH3 is 2. The van der Waals surface area contributed by atoms with E-state index in [0.717, 1.165) is 16.0 Å². The summed E-state index contributed by atoms with van der Waals surface area (Å²) in [6, 6.07) is 6.89. The largest absolute Gasteiger partial charge is 0.495 e. The van der Waals surface area contributed by atoms with Crippen molar-refractivity contribution in [3.63, 3.8) is 0 Å². The van der Waals surface area contributed by atoms with E-state index in [4.69, 9.17) is 14.2 Å². The van der Waals surface area contributed by atoms with Gasteiger partial charge >= 0.3 is 5.97 Å². The van der Waals surface area contributed by atoms with E-state index in [1.54, 1.807) is 38.6 Å². The van der Waals surface area contributed by atoms with Gasteiger partial charge in [-0.3, -0.25) is 9.78 Å². The minimum atomic E-state index is -0.737. The molecule has 35 heavy (non-hydrogen) atoms. The number of aliphatic hydroxyl groups excluding tert-OH is 1. The van der Waals surface area contributed by atoms with Gasteiger partial charge in [0.2, 0.25) is 0 Å². The van der Waals surface area contributed by atoms with Crippen LogP contribution in [0, 0.1) is 5.82 Å². The average Bonchev–Trinajstić information content (AvgIpc) is 3.50. The zero-order valence-corrected chi connectivity index (χ0v) is 20.6. The summed E-state index contributed by atoms with van der Waals surface area (Å²) in [4.78, 5) is 17.9. The number of esters is 1. The number of hydrogen-bond acceptors (Lipinski definition) is 8. The van der Waals surface area contributed by atoms with Gasteiger partial charge in [0.15, 0.2) is 0 Å². The number of thiophene rings is 2. The summed E-state index contributed by atoms with van der Waals surface area (Å²) in [6.45, 7) is 0. The van der Waals surface area contributed by atoms with Crippen molar-refractivity contribution >= 4 is 45.6 Å². The number of carbonyl (C=O) groups is 1. The van der Waals surface area contributed by atoms with Crippen molar-refractivity contribution in [2.24, 2.45) is 0 Å². The van der Waals surface area contributed by atoms with Crippen LogP contribution in [0.1, 0.15) is 18.4 Å². The fraction of sp³-hybridized carbons (Fsp3) is 0.231. The lowest BCUT2D eigenvalue weighted by Crippen LogP contribution is -2.31. The summed E-state index contributed by atoms with van der Waals surface area (Å²) >= 11 is 2.88. The molecule has 3 aromatic heterocycles. The molecule has 1 N–H and O–H groups in total. The van der Waals surface area contributed by atoms with Gasteiger partial charge in [0.1, 0.15) is 23.4 Å². The highest BCUT2D eigenvalue weighted by molar-refractivity contribution is 7.14. The minimum Gasteiger partial charge on any atom is -0.495 e. The summed E-state index contributed by atoms with van der Waals surface area (Å²) in [7, 11) is 3.15. The van der Waals surface area contributed by atoms with Crippen LogP contribution in [0.2, 0.25) is 0 Å². The molecule has 1 fully saturated rings. The molecule has 1 aliphatic rings. The van der Waals surface area contributed by atoms with Crippen LogP contribution in [0.5, 0.6) is 11.5 Å². The first-order valence-corrected chi connectivity index (χ1v) is 12.7. The highest BCUT2D eigenvalue weighted by Crippen LogP contribution is 2.44. The molecule has 1 saturated heterocycles.